The van der Waals surface area contributed by atoms with Crippen molar-refractivity contribution in [1.29, 1.82) is 0 Å². The van der Waals surface area contributed by atoms with Gasteiger partial charge in [-0.3, -0.25) is 4.79 Å². The molecule has 2 aromatic rings. The number of hydrogen-bond acceptors (Lipinski definition) is 4. The number of carboxylic acid groups (broad SMARTS) is 1. The molecule has 1 aromatic carbocycles. The first-order valence-corrected chi connectivity index (χ1v) is 6.43. The molecule has 0 saturated heterocycles. The maximum absolute atomic E-state index is 11.9. The Labute approximate surface area is 113 Å². The van der Waals surface area contributed by atoms with Gasteiger partial charge in [0.25, 0.3) is 5.91 Å². The predicted molar refractivity (Wildman–Crippen MR) is 72.9 cm³/mol. The molecule has 0 unspecified atom stereocenters. The minimum atomic E-state index is -1.08. The fourth-order valence-electron chi connectivity index (χ4n) is 1.60. The number of benzene rings is 1. The highest BCUT2D eigenvalue weighted by Gasteiger charge is 2.15. The molecule has 6 heteroatoms. The van der Waals surface area contributed by atoms with Crippen LogP contribution in [0.2, 0.25) is 0 Å². The number of aryl methyl sites for hydroxylation is 2. The molecule has 1 heterocycles. The lowest BCUT2D eigenvalue weighted by Gasteiger charge is -2.08. The molecule has 2 rings (SSSR count). The van der Waals surface area contributed by atoms with Crippen LogP contribution in [0.1, 0.15) is 31.4 Å². The van der Waals surface area contributed by atoms with Gasteiger partial charge in [-0.25, -0.2) is 9.78 Å². The van der Waals surface area contributed by atoms with Gasteiger partial charge in [0.1, 0.15) is 5.69 Å². The van der Waals surface area contributed by atoms with E-state index in [4.69, 9.17) is 5.11 Å². The average Bonchev–Trinajstić information content (AvgIpc) is 2.78. The fourth-order valence-corrected chi connectivity index (χ4v) is 2.19. The lowest BCUT2D eigenvalue weighted by Crippen LogP contribution is -2.15. The summed E-state index contributed by atoms with van der Waals surface area (Å²) in [5, 5.41) is 14.1. The summed E-state index contributed by atoms with van der Waals surface area (Å²) in [5.41, 5.74) is 1.45. The molecule has 1 amide bonds. The molecule has 0 atom stereocenters. The lowest BCUT2D eigenvalue weighted by atomic mass is 10.1. The van der Waals surface area contributed by atoms with Crippen molar-refractivity contribution in [2.24, 2.45) is 0 Å². The van der Waals surface area contributed by atoms with Gasteiger partial charge < -0.3 is 10.4 Å². The Morgan fingerprint density at radius 3 is 2.63 bits per heavy atom. The molecule has 0 aliphatic rings. The van der Waals surface area contributed by atoms with Gasteiger partial charge in [-0.15, -0.1) is 11.3 Å². The molecule has 5 nitrogen and oxygen atoms in total. The standard InChI is InChI=1S/C13H12N2O3S/c1-7-3-4-10(9(5-7)13(17)18)15-12(16)11-6-19-8(2)14-11/h3-6H,1-2H3,(H,15,16)(H,17,18). The number of nitrogens with zero attached hydrogens (tertiary/aromatic N) is 1. The second-order valence-electron chi connectivity index (χ2n) is 4.06. The zero-order chi connectivity index (χ0) is 14.0. The number of carbonyl (C=O) groups is 2. The number of nitrogens with one attached hydrogen (secondary N) is 1. The van der Waals surface area contributed by atoms with Crippen LogP contribution < -0.4 is 5.32 Å². The number of rotatable bonds is 3. The minimum absolute atomic E-state index is 0.0697. The van der Waals surface area contributed by atoms with E-state index in [0.29, 0.717) is 5.69 Å². The molecule has 0 spiro atoms. The Morgan fingerprint density at radius 2 is 2.05 bits per heavy atom. The Bertz CT molecular complexity index is 649. The van der Waals surface area contributed by atoms with E-state index in [0.717, 1.165) is 10.6 Å². The fraction of sp³-hybridized carbons (Fsp3) is 0.154. The third-order valence-electron chi connectivity index (χ3n) is 2.51. The van der Waals surface area contributed by atoms with E-state index >= 15 is 0 Å². The van der Waals surface area contributed by atoms with Gasteiger partial charge in [0, 0.05) is 5.38 Å². The summed E-state index contributed by atoms with van der Waals surface area (Å²) in [5.74, 6) is -1.48. The minimum Gasteiger partial charge on any atom is -0.478 e. The number of carbonyl (C=O) groups excluding carboxylic acids is 1. The monoisotopic (exact) mass is 276 g/mol. The van der Waals surface area contributed by atoms with E-state index in [1.165, 1.54) is 17.4 Å². The van der Waals surface area contributed by atoms with E-state index in [1.54, 1.807) is 31.4 Å². The predicted octanol–water partition coefficient (Wildman–Crippen LogP) is 2.71. The van der Waals surface area contributed by atoms with Crippen LogP contribution in [0.3, 0.4) is 0 Å². The van der Waals surface area contributed by atoms with Gasteiger partial charge in [0.2, 0.25) is 0 Å². The molecule has 0 bridgehead atoms. The Kier molecular flexibility index (Phi) is 3.62. The maximum atomic E-state index is 11.9. The second kappa shape index (κ2) is 5.19. The van der Waals surface area contributed by atoms with E-state index in [1.807, 2.05) is 0 Å². The molecule has 0 saturated carbocycles. The third-order valence-corrected chi connectivity index (χ3v) is 3.28. The molecule has 98 valence electrons. The van der Waals surface area contributed by atoms with Crippen LogP contribution in [0.15, 0.2) is 23.6 Å². The number of thiazole rings is 1. The van der Waals surface area contributed by atoms with Crippen LogP contribution in [-0.2, 0) is 0 Å². The van der Waals surface area contributed by atoms with Crippen molar-refractivity contribution in [1.82, 2.24) is 4.98 Å². The van der Waals surface area contributed by atoms with Crippen LogP contribution in [0, 0.1) is 13.8 Å². The quantitative estimate of drug-likeness (QED) is 0.903. The van der Waals surface area contributed by atoms with Gasteiger partial charge >= 0.3 is 5.97 Å². The normalized spacial score (nSPS) is 10.2. The van der Waals surface area contributed by atoms with Gasteiger partial charge in [0.05, 0.1) is 16.3 Å². The zero-order valence-electron chi connectivity index (χ0n) is 10.4. The van der Waals surface area contributed by atoms with Crippen molar-refractivity contribution in [2.45, 2.75) is 13.8 Å². The number of anilines is 1. The van der Waals surface area contributed by atoms with Crippen LogP contribution in [0.25, 0.3) is 0 Å². The number of carboxylic acids is 1. The average molecular weight is 276 g/mol. The molecule has 0 aliphatic carbocycles. The molecular formula is C13H12N2O3S. The van der Waals surface area contributed by atoms with Crippen molar-refractivity contribution in [3.8, 4) is 0 Å². The van der Waals surface area contributed by atoms with Gasteiger partial charge in [-0.2, -0.15) is 0 Å². The summed E-state index contributed by atoms with van der Waals surface area (Å²) < 4.78 is 0. The molecule has 0 fully saturated rings. The highest BCUT2D eigenvalue weighted by Crippen LogP contribution is 2.19. The van der Waals surface area contributed by atoms with Crippen molar-refractivity contribution in [2.75, 3.05) is 5.32 Å². The summed E-state index contributed by atoms with van der Waals surface area (Å²) in [4.78, 5) is 27.1. The summed E-state index contributed by atoms with van der Waals surface area (Å²) in [6.45, 7) is 3.60. The number of aromatic nitrogens is 1. The van der Waals surface area contributed by atoms with Gasteiger partial charge in [-0.05, 0) is 26.0 Å². The van der Waals surface area contributed by atoms with E-state index < -0.39 is 11.9 Å². The summed E-state index contributed by atoms with van der Waals surface area (Å²) >= 11 is 1.37. The van der Waals surface area contributed by atoms with Crippen LogP contribution in [-0.4, -0.2) is 22.0 Å². The summed E-state index contributed by atoms with van der Waals surface area (Å²) in [7, 11) is 0. The number of aromatic carboxylic acids is 1. The zero-order valence-corrected chi connectivity index (χ0v) is 11.2. The topological polar surface area (TPSA) is 79.3 Å². The van der Waals surface area contributed by atoms with E-state index in [-0.39, 0.29) is 11.3 Å². The van der Waals surface area contributed by atoms with Crippen LogP contribution in [0.4, 0.5) is 5.69 Å². The smallest absolute Gasteiger partial charge is 0.337 e. The highest BCUT2D eigenvalue weighted by atomic mass is 32.1. The molecule has 0 aliphatic heterocycles. The second-order valence-corrected chi connectivity index (χ2v) is 5.12. The number of hydrogen-bond donors (Lipinski definition) is 2. The molecular weight excluding hydrogens is 264 g/mol. The Morgan fingerprint density at radius 1 is 1.32 bits per heavy atom. The van der Waals surface area contributed by atoms with Crippen LogP contribution in [0.5, 0.6) is 0 Å². The molecule has 2 N–H and O–H groups in total. The first-order chi connectivity index (χ1) is 8.97. The first kappa shape index (κ1) is 13.2. The Hall–Kier alpha value is -2.21. The molecule has 0 radical (unpaired) electrons. The largest absolute Gasteiger partial charge is 0.478 e. The van der Waals surface area contributed by atoms with Crippen LogP contribution >= 0.6 is 11.3 Å². The first-order valence-electron chi connectivity index (χ1n) is 5.55. The van der Waals surface area contributed by atoms with Gasteiger partial charge in [0.15, 0.2) is 0 Å². The molecule has 19 heavy (non-hydrogen) atoms. The Balaban J connectivity index is 2.28. The SMILES string of the molecule is Cc1ccc(NC(=O)c2csc(C)n2)c(C(=O)O)c1. The lowest BCUT2D eigenvalue weighted by molar-refractivity contribution is 0.0698. The van der Waals surface area contributed by atoms with Gasteiger partial charge in [-0.1, -0.05) is 11.6 Å². The highest BCUT2D eigenvalue weighted by molar-refractivity contribution is 7.09. The van der Waals surface area contributed by atoms with E-state index in [9.17, 15) is 9.59 Å². The van der Waals surface area contributed by atoms with Crippen molar-refractivity contribution in [3.05, 3.63) is 45.4 Å². The van der Waals surface area contributed by atoms with Crippen molar-refractivity contribution in [3.63, 3.8) is 0 Å². The van der Waals surface area contributed by atoms with Crippen molar-refractivity contribution >= 4 is 28.9 Å². The number of amides is 1. The maximum Gasteiger partial charge on any atom is 0.337 e. The van der Waals surface area contributed by atoms with E-state index in [2.05, 4.69) is 10.3 Å². The molecule has 1 aromatic heterocycles. The third kappa shape index (κ3) is 2.97. The summed E-state index contributed by atoms with van der Waals surface area (Å²) in [6.07, 6.45) is 0. The van der Waals surface area contributed by atoms with Crippen molar-refractivity contribution < 1.29 is 14.7 Å². The summed E-state index contributed by atoms with van der Waals surface area (Å²) in [6, 6.07) is 4.84.